The lowest BCUT2D eigenvalue weighted by Crippen LogP contribution is -2.20. The Balaban J connectivity index is 1.40. The van der Waals surface area contributed by atoms with Crippen LogP contribution in [0.4, 0.5) is 5.69 Å². The highest BCUT2D eigenvalue weighted by atomic mass is 16.5. The molecule has 0 radical (unpaired) electrons. The number of methoxy groups -OCH3 is 1. The number of hydrogen-bond donors (Lipinski definition) is 1. The van der Waals surface area contributed by atoms with Gasteiger partial charge in [0.25, 0.3) is 5.91 Å². The number of carbonyl (C=O) groups excluding carboxylic acids is 1. The predicted octanol–water partition coefficient (Wildman–Crippen LogP) is 4.35. The van der Waals surface area contributed by atoms with Gasteiger partial charge in [0.2, 0.25) is 0 Å². The van der Waals surface area contributed by atoms with E-state index < -0.39 is 0 Å². The Hall–Kier alpha value is -3.01. The Morgan fingerprint density at radius 1 is 0.923 bits per heavy atom. The van der Waals surface area contributed by atoms with E-state index in [9.17, 15) is 4.79 Å². The first-order valence-corrected chi connectivity index (χ1v) is 8.83. The van der Waals surface area contributed by atoms with Crippen LogP contribution in [0.25, 0.3) is 10.8 Å². The van der Waals surface area contributed by atoms with Gasteiger partial charge in [-0.05, 0) is 77.6 Å². The molecule has 1 amide bonds. The minimum absolute atomic E-state index is 0.0213. The molecule has 0 fully saturated rings. The maximum absolute atomic E-state index is 12.2. The number of carbonyl (C=O) groups is 1. The summed E-state index contributed by atoms with van der Waals surface area (Å²) in [5.74, 6) is 1.30. The number of hydrogen-bond acceptors (Lipinski definition) is 3. The van der Waals surface area contributed by atoms with Gasteiger partial charge in [0.1, 0.15) is 11.5 Å². The second-order valence-electron chi connectivity index (χ2n) is 6.55. The third kappa shape index (κ3) is 3.49. The van der Waals surface area contributed by atoms with Gasteiger partial charge in [0, 0.05) is 5.69 Å². The average molecular weight is 347 g/mol. The monoisotopic (exact) mass is 347 g/mol. The van der Waals surface area contributed by atoms with E-state index in [1.807, 2.05) is 42.5 Å². The topological polar surface area (TPSA) is 47.6 Å². The first-order valence-electron chi connectivity index (χ1n) is 8.83. The summed E-state index contributed by atoms with van der Waals surface area (Å²) in [6.45, 7) is -0.0213. The van der Waals surface area contributed by atoms with Crippen LogP contribution in [-0.2, 0) is 17.6 Å². The van der Waals surface area contributed by atoms with Crippen molar-refractivity contribution in [1.82, 2.24) is 0 Å². The maximum atomic E-state index is 12.2. The van der Waals surface area contributed by atoms with E-state index >= 15 is 0 Å². The van der Waals surface area contributed by atoms with Gasteiger partial charge in [-0.15, -0.1) is 0 Å². The summed E-state index contributed by atoms with van der Waals surface area (Å²) < 4.78 is 10.9. The third-order valence-corrected chi connectivity index (χ3v) is 4.77. The van der Waals surface area contributed by atoms with Crippen molar-refractivity contribution in [3.63, 3.8) is 0 Å². The van der Waals surface area contributed by atoms with E-state index in [1.165, 1.54) is 17.5 Å². The molecule has 26 heavy (non-hydrogen) atoms. The van der Waals surface area contributed by atoms with Gasteiger partial charge in [-0.3, -0.25) is 4.79 Å². The first-order chi connectivity index (χ1) is 12.7. The van der Waals surface area contributed by atoms with Crippen molar-refractivity contribution >= 4 is 22.4 Å². The number of fused-ring (bicyclic) bond motifs is 2. The minimum atomic E-state index is -0.159. The van der Waals surface area contributed by atoms with Crippen LogP contribution in [0.1, 0.15) is 17.5 Å². The van der Waals surface area contributed by atoms with E-state index in [1.54, 1.807) is 7.11 Å². The smallest absolute Gasteiger partial charge is 0.262 e. The quantitative estimate of drug-likeness (QED) is 0.746. The number of anilines is 1. The molecular formula is C22H21NO3. The molecule has 0 aliphatic heterocycles. The molecular weight excluding hydrogens is 326 g/mol. The van der Waals surface area contributed by atoms with E-state index in [0.29, 0.717) is 5.75 Å². The Kier molecular flexibility index (Phi) is 4.48. The molecule has 132 valence electrons. The van der Waals surface area contributed by atoms with Gasteiger partial charge in [0.15, 0.2) is 6.61 Å². The lowest BCUT2D eigenvalue weighted by atomic mass is 10.1. The van der Waals surface area contributed by atoms with Crippen LogP contribution in [0.5, 0.6) is 11.5 Å². The second-order valence-corrected chi connectivity index (χ2v) is 6.55. The van der Waals surface area contributed by atoms with Crippen molar-refractivity contribution in [3.8, 4) is 11.5 Å². The number of ether oxygens (including phenoxy) is 2. The van der Waals surface area contributed by atoms with Crippen LogP contribution in [0.15, 0.2) is 54.6 Å². The zero-order chi connectivity index (χ0) is 17.9. The molecule has 0 heterocycles. The summed E-state index contributed by atoms with van der Waals surface area (Å²) in [5.41, 5.74) is 3.57. The largest absolute Gasteiger partial charge is 0.497 e. The van der Waals surface area contributed by atoms with Gasteiger partial charge < -0.3 is 14.8 Å². The highest BCUT2D eigenvalue weighted by Gasteiger charge is 2.12. The van der Waals surface area contributed by atoms with Crippen LogP contribution in [0.2, 0.25) is 0 Å². The highest BCUT2D eigenvalue weighted by molar-refractivity contribution is 5.92. The van der Waals surface area contributed by atoms with E-state index in [0.717, 1.165) is 35.1 Å². The van der Waals surface area contributed by atoms with Crippen molar-refractivity contribution in [2.45, 2.75) is 19.3 Å². The molecule has 3 aromatic carbocycles. The van der Waals surface area contributed by atoms with Crippen molar-refractivity contribution in [1.29, 1.82) is 0 Å². The van der Waals surface area contributed by atoms with Crippen molar-refractivity contribution in [2.75, 3.05) is 19.0 Å². The molecule has 4 rings (SSSR count). The van der Waals surface area contributed by atoms with Crippen molar-refractivity contribution < 1.29 is 14.3 Å². The van der Waals surface area contributed by atoms with Crippen LogP contribution in [0, 0.1) is 0 Å². The average Bonchev–Trinajstić information content (AvgIpc) is 3.13. The fourth-order valence-corrected chi connectivity index (χ4v) is 3.42. The van der Waals surface area contributed by atoms with Crippen molar-refractivity contribution in [3.05, 3.63) is 65.7 Å². The Morgan fingerprint density at radius 3 is 2.54 bits per heavy atom. The molecule has 0 unspecified atom stereocenters. The lowest BCUT2D eigenvalue weighted by Gasteiger charge is -2.10. The normalized spacial score (nSPS) is 12.7. The van der Waals surface area contributed by atoms with Crippen LogP contribution >= 0.6 is 0 Å². The third-order valence-electron chi connectivity index (χ3n) is 4.77. The molecule has 1 N–H and O–H groups in total. The molecule has 3 aromatic rings. The molecule has 1 aliphatic rings. The zero-order valence-corrected chi connectivity index (χ0v) is 14.7. The van der Waals surface area contributed by atoms with Crippen LogP contribution in [0.3, 0.4) is 0 Å². The summed E-state index contributed by atoms with van der Waals surface area (Å²) in [6.07, 6.45) is 3.43. The molecule has 0 saturated carbocycles. The zero-order valence-electron chi connectivity index (χ0n) is 14.7. The summed E-state index contributed by atoms with van der Waals surface area (Å²) in [6, 6.07) is 17.8. The fraction of sp³-hybridized carbons (Fsp3) is 0.227. The number of amides is 1. The van der Waals surface area contributed by atoms with Crippen LogP contribution in [-0.4, -0.2) is 19.6 Å². The fourth-order valence-electron chi connectivity index (χ4n) is 3.42. The maximum Gasteiger partial charge on any atom is 0.262 e. The summed E-state index contributed by atoms with van der Waals surface area (Å²) in [7, 11) is 1.64. The predicted molar refractivity (Wildman–Crippen MR) is 103 cm³/mol. The van der Waals surface area contributed by atoms with Crippen LogP contribution < -0.4 is 14.8 Å². The van der Waals surface area contributed by atoms with Gasteiger partial charge >= 0.3 is 0 Å². The number of benzene rings is 3. The van der Waals surface area contributed by atoms with Gasteiger partial charge in [-0.1, -0.05) is 18.2 Å². The first kappa shape index (κ1) is 16.5. The van der Waals surface area contributed by atoms with Gasteiger partial charge in [-0.2, -0.15) is 0 Å². The molecule has 0 aromatic heterocycles. The molecule has 0 bridgehead atoms. The number of aryl methyl sites for hydroxylation is 2. The number of nitrogens with one attached hydrogen (secondary N) is 1. The molecule has 4 nitrogen and oxygen atoms in total. The van der Waals surface area contributed by atoms with Gasteiger partial charge in [-0.25, -0.2) is 0 Å². The highest BCUT2D eigenvalue weighted by Crippen LogP contribution is 2.26. The second kappa shape index (κ2) is 7.08. The van der Waals surface area contributed by atoms with Gasteiger partial charge in [0.05, 0.1) is 7.11 Å². The molecule has 1 aliphatic carbocycles. The molecule has 0 spiro atoms. The summed E-state index contributed by atoms with van der Waals surface area (Å²) in [4.78, 5) is 12.2. The standard InChI is InChI=1S/C22H21NO3/c1-25-20-9-6-16-7-10-21(13-18(16)12-20)26-14-22(24)23-19-8-5-15-3-2-4-17(15)11-19/h5-13H,2-4,14H2,1H3,(H,23,24). The number of rotatable bonds is 5. The minimum Gasteiger partial charge on any atom is -0.497 e. The summed E-state index contributed by atoms with van der Waals surface area (Å²) >= 11 is 0. The Morgan fingerprint density at radius 2 is 1.69 bits per heavy atom. The van der Waals surface area contributed by atoms with E-state index in [4.69, 9.17) is 9.47 Å². The van der Waals surface area contributed by atoms with E-state index in [-0.39, 0.29) is 12.5 Å². The lowest BCUT2D eigenvalue weighted by molar-refractivity contribution is -0.118. The molecule has 0 saturated heterocycles. The Bertz CT molecular complexity index is 965. The molecule has 4 heteroatoms. The molecule has 0 atom stereocenters. The SMILES string of the molecule is COc1ccc2ccc(OCC(=O)Nc3ccc4c(c3)CCC4)cc2c1. The summed E-state index contributed by atoms with van der Waals surface area (Å²) in [5, 5.41) is 5.03. The van der Waals surface area contributed by atoms with E-state index in [2.05, 4.69) is 17.4 Å². The Labute approximate surface area is 152 Å². The van der Waals surface area contributed by atoms with Crippen molar-refractivity contribution in [2.24, 2.45) is 0 Å².